The quantitative estimate of drug-likeness (QED) is 0.412. The van der Waals surface area contributed by atoms with E-state index in [2.05, 4.69) is 34.7 Å². The van der Waals surface area contributed by atoms with Gasteiger partial charge in [0.15, 0.2) is 5.96 Å². The van der Waals surface area contributed by atoms with Crippen LogP contribution in [0.2, 0.25) is 0 Å². The summed E-state index contributed by atoms with van der Waals surface area (Å²) >= 11 is 0. The monoisotopic (exact) mass is 433 g/mol. The number of methoxy groups -OCH3 is 1. The Morgan fingerprint density at radius 3 is 2.52 bits per heavy atom. The maximum atomic E-state index is 5.74. The molecule has 23 heavy (non-hydrogen) atoms. The van der Waals surface area contributed by atoms with Gasteiger partial charge < -0.3 is 20.1 Å². The molecule has 0 unspecified atom stereocenters. The van der Waals surface area contributed by atoms with Crippen molar-refractivity contribution >= 4 is 29.9 Å². The summed E-state index contributed by atoms with van der Waals surface area (Å²) in [6, 6.07) is 10.3. The zero-order valence-electron chi connectivity index (χ0n) is 14.0. The van der Waals surface area contributed by atoms with Crippen LogP contribution in [0.4, 0.5) is 0 Å². The van der Waals surface area contributed by atoms with Gasteiger partial charge in [-0.25, -0.2) is 4.99 Å². The van der Waals surface area contributed by atoms with Crippen LogP contribution < -0.4 is 10.6 Å². The molecule has 1 aromatic carbocycles. The molecule has 0 atom stereocenters. The van der Waals surface area contributed by atoms with E-state index in [-0.39, 0.29) is 29.6 Å². The number of hydrogen-bond acceptors (Lipinski definition) is 3. The van der Waals surface area contributed by atoms with Crippen LogP contribution in [0.1, 0.15) is 25.3 Å². The fraction of sp³-hybridized carbons (Fsp3) is 0.588. The Morgan fingerprint density at radius 2 is 1.91 bits per heavy atom. The number of ether oxygens (including phenoxy) is 2. The van der Waals surface area contributed by atoms with Gasteiger partial charge in [0.25, 0.3) is 0 Å². The van der Waals surface area contributed by atoms with Crippen molar-refractivity contribution in [2.45, 2.75) is 31.9 Å². The van der Waals surface area contributed by atoms with Gasteiger partial charge in [0.2, 0.25) is 0 Å². The second-order valence-electron chi connectivity index (χ2n) is 5.53. The Balaban J connectivity index is 0.00000264. The lowest BCUT2D eigenvalue weighted by Gasteiger charge is -2.36. The lowest BCUT2D eigenvalue weighted by atomic mass is 9.94. The van der Waals surface area contributed by atoms with Crippen molar-refractivity contribution < 1.29 is 9.47 Å². The molecule has 1 aliphatic heterocycles. The number of nitrogens with one attached hydrogen (secondary N) is 2. The van der Waals surface area contributed by atoms with E-state index >= 15 is 0 Å². The third-order valence-corrected chi connectivity index (χ3v) is 4.02. The lowest BCUT2D eigenvalue weighted by Crippen LogP contribution is -2.50. The topological polar surface area (TPSA) is 54.9 Å². The first-order valence-electron chi connectivity index (χ1n) is 7.97. The van der Waals surface area contributed by atoms with Crippen LogP contribution in [-0.4, -0.2) is 45.0 Å². The smallest absolute Gasteiger partial charge is 0.191 e. The third kappa shape index (κ3) is 6.64. The Bertz CT molecular complexity index is 462. The predicted octanol–water partition coefficient (Wildman–Crippen LogP) is 2.56. The van der Waals surface area contributed by atoms with Crippen LogP contribution in [0.25, 0.3) is 0 Å². The highest BCUT2D eigenvalue weighted by Crippen LogP contribution is 2.23. The van der Waals surface area contributed by atoms with E-state index in [4.69, 9.17) is 9.47 Å². The van der Waals surface area contributed by atoms with Crippen LogP contribution in [0.3, 0.4) is 0 Å². The summed E-state index contributed by atoms with van der Waals surface area (Å²) in [5, 5.41) is 6.70. The summed E-state index contributed by atoms with van der Waals surface area (Å²) in [5.74, 6) is 0.828. The normalized spacial score (nSPS) is 17.2. The molecule has 6 heteroatoms. The SMILES string of the molecule is CCNC(=NCc1ccccc1)NCC1(OC)CCOCC1.I. The zero-order valence-corrected chi connectivity index (χ0v) is 16.3. The third-order valence-electron chi connectivity index (χ3n) is 4.02. The predicted molar refractivity (Wildman–Crippen MR) is 104 cm³/mol. The van der Waals surface area contributed by atoms with Gasteiger partial charge in [-0.1, -0.05) is 30.3 Å². The molecule has 0 aliphatic carbocycles. The van der Waals surface area contributed by atoms with Crippen LogP contribution in [0.5, 0.6) is 0 Å². The van der Waals surface area contributed by atoms with Crippen LogP contribution in [-0.2, 0) is 16.0 Å². The minimum atomic E-state index is -0.152. The van der Waals surface area contributed by atoms with E-state index in [1.54, 1.807) is 7.11 Å². The summed E-state index contributed by atoms with van der Waals surface area (Å²) in [7, 11) is 1.78. The Labute approximate surface area is 156 Å². The maximum Gasteiger partial charge on any atom is 0.191 e. The number of guanidine groups is 1. The van der Waals surface area contributed by atoms with E-state index in [1.165, 1.54) is 5.56 Å². The van der Waals surface area contributed by atoms with Crippen molar-refractivity contribution in [3.8, 4) is 0 Å². The second kappa shape index (κ2) is 10.8. The minimum absolute atomic E-state index is 0. The van der Waals surface area contributed by atoms with Gasteiger partial charge in [-0.3, -0.25) is 0 Å². The fourth-order valence-corrected chi connectivity index (χ4v) is 2.54. The van der Waals surface area contributed by atoms with Crippen molar-refractivity contribution in [1.29, 1.82) is 0 Å². The minimum Gasteiger partial charge on any atom is -0.381 e. The van der Waals surface area contributed by atoms with Crippen molar-refractivity contribution in [3.05, 3.63) is 35.9 Å². The van der Waals surface area contributed by atoms with Crippen LogP contribution in [0, 0.1) is 0 Å². The number of aliphatic imine (C=N–C) groups is 1. The summed E-state index contributed by atoms with van der Waals surface area (Å²) < 4.78 is 11.2. The molecule has 1 aliphatic rings. The van der Waals surface area contributed by atoms with Gasteiger partial charge in [-0.05, 0) is 12.5 Å². The molecule has 5 nitrogen and oxygen atoms in total. The highest BCUT2D eigenvalue weighted by atomic mass is 127. The fourth-order valence-electron chi connectivity index (χ4n) is 2.54. The van der Waals surface area contributed by atoms with Gasteiger partial charge in [0.05, 0.1) is 12.1 Å². The van der Waals surface area contributed by atoms with Crippen LogP contribution >= 0.6 is 24.0 Å². The Kier molecular flexibility index (Phi) is 9.50. The molecule has 2 N–H and O–H groups in total. The van der Waals surface area contributed by atoms with Gasteiger partial charge in [0.1, 0.15) is 0 Å². The Hall–Kier alpha value is -0.860. The van der Waals surface area contributed by atoms with Crippen molar-refractivity contribution in [2.75, 3.05) is 33.4 Å². The number of halogens is 1. The van der Waals surface area contributed by atoms with Crippen molar-refractivity contribution in [1.82, 2.24) is 10.6 Å². The first-order valence-corrected chi connectivity index (χ1v) is 7.97. The van der Waals surface area contributed by atoms with E-state index in [0.29, 0.717) is 6.54 Å². The molecule has 0 amide bonds. The second-order valence-corrected chi connectivity index (χ2v) is 5.53. The van der Waals surface area contributed by atoms with Gasteiger partial charge in [-0.15, -0.1) is 24.0 Å². The average molecular weight is 433 g/mol. The molecular formula is C17H28IN3O2. The average Bonchev–Trinajstić information content (AvgIpc) is 2.59. The largest absolute Gasteiger partial charge is 0.381 e. The zero-order chi connectivity index (χ0) is 15.7. The molecular weight excluding hydrogens is 405 g/mol. The highest BCUT2D eigenvalue weighted by Gasteiger charge is 2.32. The molecule has 1 fully saturated rings. The summed E-state index contributed by atoms with van der Waals surface area (Å²) in [6.45, 7) is 5.83. The van der Waals surface area contributed by atoms with Gasteiger partial charge in [-0.2, -0.15) is 0 Å². The van der Waals surface area contributed by atoms with E-state index in [0.717, 1.165) is 45.1 Å². The van der Waals surface area contributed by atoms with E-state index in [1.807, 2.05) is 18.2 Å². The molecule has 0 spiro atoms. The number of rotatable bonds is 6. The van der Waals surface area contributed by atoms with Crippen molar-refractivity contribution in [2.24, 2.45) is 4.99 Å². The molecule has 0 aromatic heterocycles. The summed E-state index contributed by atoms with van der Waals surface area (Å²) in [5.41, 5.74) is 1.05. The number of benzene rings is 1. The first kappa shape index (κ1) is 20.2. The molecule has 1 saturated heterocycles. The molecule has 0 bridgehead atoms. The van der Waals surface area contributed by atoms with Crippen molar-refractivity contribution in [3.63, 3.8) is 0 Å². The molecule has 0 radical (unpaired) electrons. The summed E-state index contributed by atoms with van der Waals surface area (Å²) in [6.07, 6.45) is 1.82. The highest BCUT2D eigenvalue weighted by molar-refractivity contribution is 14.0. The Morgan fingerprint density at radius 1 is 1.22 bits per heavy atom. The van der Waals surface area contributed by atoms with Gasteiger partial charge in [0, 0.05) is 46.3 Å². The molecule has 1 aromatic rings. The van der Waals surface area contributed by atoms with Crippen LogP contribution in [0.15, 0.2) is 35.3 Å². The number of hydrogen-bond donors (Lipinski definition) is 2. The van der Waals surface area contributed by atoms with E-state index in [9.17, 15) is 0 Å². The maximum absolute atomic E-state index is 5.74. The molecule has 0 saturated carbocycles. The molecule has 130 valence electrons. The molecule has 1 heterocycles. The van der Waals surface area contributed by atoms with Gasteiger partial charge >= 0.3 is 0 Å². The first-order chi connectivity index (χ1) is 10.8. The lowest BCUT2D eigenvalue weighted by molar-refractivity contribution is -0.0855. The standard InChI is InChI=1S/C17H27N3O2.HI/c1-3-18-16(19-13-15-7-5-4-6-8-15)20-14-17(21-2)9-11-22-12-10-17;/h4-8H,3,9-14H2,1-2H3,(H2,18,19,20);1H. The molecule has 2 rings (SSSR count). The number of nitrogens with zero attached hydrogens (tertiary/aromatic N) is 1. The van der Waals surface area contributed by atoms with E-state index < -0.39 is 0 Å². The summed E-state index contributed by atoms with van der Waals surface area (Å²) in [4.78, 5) is 4.64.